The van der Waals surface area contributed by atoms with Crippen LogP contribution in [0.1, 0.15) is 12.5 Å². The number of amides is 1. The topological polar surface area (TPSA) is 41.1 Å². The first-order valence-corrected chi connectivity index (χ1v) is 6.25. The first-order valence-electron chi connectivity index (χ1n) is 6.25. The summed E-state index contributed by atoms with van der Waals surface area (Å²) >= 11 is 0. The Hall–Kier alpha value is -2.29. The van der Waals surface area contributed by atoms with Gasteiger partial charge in [-0.3, -0.25) is 4.79 Å². The van der Waals surface area contributed by atoms with Gasteiger partial charge in [0.15, 0.2) is 0 Å². The van der Waals surface area contributed by atoms with Gasteiger partial charge in [-0.15, -0.1) is 0 Å². The summed E-state index contributed by atoms with van der Waals surface area (Å²) in [4.78, 5) is 10.1. The molecule has 19 heavy (non-hydrogen) atoms. The Balaban J connectivity index is 2.74. The molecule has 0 aliphatic rings. The van der Waals surface area contributed by atoms with Crippen molar-refractivity contribution in [2.24, 2.45) is 0 Å². The number of carbonyl (C=O) groups excluding carboxylic acids is 1. The van der Waals surface area contributed by atoms with Crippen LogP contribution in [0, 0.1) is 0 Å². The van der Waals surface area contributed by atoms with Crippen molar-refractivity contribution in [1.29, 1.82) is 0 Å². The lowest BCUT2D eigenvalue weighted by Gasteiger charge is -2.04. The fraction of sp³-hybridized carbons (Fsp3) is 0.188. The van der Waals surface area contributed by atoms with Gasteiger partial charge >= 0.3 is 0 Å². The second-order valence-electron chi connectivity index (χ2n) is 4.01. The van der Waals surface area contributed by atoms with Gasteiger partial charge < -0.3 is 10.6 Å². The van der Waals surface area contributed by atoms with Crippen molar-refractivity contribution < 1.29 is 4.79 Å². The summed E-state index contributed by atoms with van der Waals surface area (Å²) in [6.45, 7) is 1.99. The molecule has 3 heteroatoms. The molecule has 0 heterocycles. The summed E-state index contributed by atoms with van der Waals surface area (Å²) in [5, 5.41) is 5.59. The molecule has 0 saturated heterocycles. The van der Waals surface area contributed by atoms with Crippen molar-refractivity contribution in [3.8, 4) is 0 Å². The van der Waals surface area contributed by atoms with Crippen LogP contribution in [0.15, 0.2) is 60.3 Å². The predicted octanol–water partition coefficient (Wildman–Crippen LogP) is 3.03. The predicted molar refractivity (Wildman–Crippen MR) is 80.9 cm³/mol. The molecular weight excluding hydrogens is 236 g/mol. The van der Waals surface area contributed by atoms with Gasteiger partial charge in [0.1, 0.15) is 0 Å². The van der Waals surface area contributed by atoms with E-state index in [0.717, 1.165) is 12.1 Å². The molecule has 100 valence electrons. The Kier molecular flexibility index (Phi) is 6.80. The average molecular weight is 256 g/mol. The first kappa shape index (κ1) is 14.8. The van der Waals surface area contributed by atoms with Crippen molar-refractivity contribution in [3.63, 3.8) is 0 Å². The number of hydrogen-bond donors (Lipinski definition) is 2. The van der Waals surface area contributed by atoms with E-state index in [-0.39, 0.29) is 0 Å². The van der Waals surface area contributed by atoms with Gasteiger partial charge in [0, 0.05) is 18.9 Å². The fourth-order valence-corrected chi connectivity index (χ4v) is 1.68. The zero-order valence-electron chi connectivity index (χ0n) is 11.4. The zero-order valence-corrected chi connectivity index (χ0v) is 11.4. The molecule has 1 amide bonds. The zero-order chi connectivity index (χ0) is 13.9. The Labute approximate surface area is 114 Å². The van der Waals surface area contributed by atoms with E-state index in [1.807, 2.05) is 32.2 Å². The number of carbonyl (C=O) groups is 1. The van der Waals surface area contributed by atoms with Crippen molar-refractivity contribution >= 4 is 12.1 Å². The van der Waals surface area contributed by atoms with Gasteiger partial charge in [0.05, 0.1) is 0 Å². The van der Waals surface area contributed by atoms with Crippen LogP contribution in [-0.4, -0.2) is 13.5 Å². The van der Waals surface area contributed by atoms with Gasteiger partial charge in [-0.05, 0) is 42.7 Å². The molecule has 2 N–H and O–H groups in total. The molecule has 0 bridgehead atoms. The molecule has 0 saturated carbocycles. The molecule has 0 unspecified atom stereocenters. The van der Waals surface area contributed by atoms with E-state index in [0.29, 0.717) is 6.41 Å². The minimum Gasteiger partial charge on any atom is -0.388 e. The summed E-state index contributed by atoms with van der Waals surface area (Å²) in [6, 6.07) is 8.34. The molecule has 0 radical (unpaired) electrons. The summed E-state index contributed by atoms with van der Waals surface area (Å²) in [7, 11) is 1.91. The highest BCUT2D eigenvalue weighted by atomic mass is 16.1. The maximum absolute atomic E-state index is 10.1. The van der Waals surface area contributed by atoms with Crippen LogP contribution in [0.5, 0.6) is 0 Å². The Morgan fingerprint density at radius 3 is 2.58 bits per heavy atom. The van der Waals surface area contributed by atoms with Crippen LogP contribution < -0.4 is 10.6 Å². The quantitative estimate of drug-likeness (QED) is 0.581. The normalized spacial score (nSPS) is 12.0. The van der Waals surface area contributed by atoms with E-state index in [4.69, 9.17) is 0 Å². The van der Waals surface area contributed by atoms with E-state index in [9.17, 15) is 4.79 Å². The Morgan fingerprint density at radius 1 is 1.26 bits per heavy atom. The number of allylic oxidation sites excluding steroid dienone is 5. The number of benzene rings is 1. The van der Waals surface area contributed by atoms with Crippen LogP contribution in [0.25, 0.3) is 0 Å². The van der Waals surface area contributed by atoms with Gasteiger partial charge in [-0.2, -0.15) is 0 Å². The van der Waals surface area contributed by atoms with E-state index in [2.05, 4.69) is 41.0 Å². The van der Waals surface area contributed by atoms with Crippen LogP contribution in [0.4, 0.5) is 5.69 Å². The standard InChI is InChI=1S/C16H20N2O/c1-3-5-14(6-4-11-18-13-19)12-15-7-9-16(17-2)10-8-15/h3-11,13,17H,12H2,1-2H3,(H,18,19)/b5-3-,11-4+,14-6+. The van der Waals surface area contributed by atoms with Gasteiger partial charge in [0.2, 0.25) is 6.41 Å². The van der Waals surface area contributed by atoms with Gasteiger partial charge in [-0.25, -0.2) is 0 Å². The minimum absolute atomic E-state index is 0.649. The lowest BCUT2D eigenvalue weighted by Crippen LogP contribution is -1.97. The molecule has 0 fully saturated rings. The van der Waals surface area contributed by atoms with E-state index < -0.39 is 0 Å². The first-order chi connectivity index (χ1) is 9.30. The van der Waals surface area contributed by atoms with Gasteiger partial charge in [0.25, 0.3) is 0 Å². The summed E-state index contributed by atoms with van der Waals surface area (Å²) in [6.07, 6.45) is 11.0. The van der Waals surface area contributed by atoms with Crippen molar-refractivity contribution in [3.05, 3.63) is 65.9 Å². The highest BCUT2D eigenvalue weighted by Gasteiger charge is 1.96. The molecule has 0 aliphatic carbocycles. The molecule has 0 atom stereocenters. The van der Waals surface area contributed by atoms with E-state index in [1.165, 1.54) is 11.1 Å². The molecule has 3 nitrogen and oxygen atoms in total. The van der Waals surface area contributed by atoms with Crippen LogP contribution >= 0.6 is 0 Å². The Bertz CT molecular complexity index is 470. The SMILES string of the molecule is C\C=C/C(=C\C=C\NC=O)Cc1ccc(NC)cc1. The number of rotatable bonds is 7. The third-order valence-electron chi connectivity index (χ3n) is 2.60. The monoisotopic (exact) mass is 256 g/mol. The van der Waals surface area contributed by atoms with E-state index in [1.54, 1.807) is 6.20 Å². The van der Waals surface area contributed by atoms with Crippen LogP contribution in [0.2, 0.25) is 0 Å². The lowest BCUT2D eigenvalue weighted by atomic mass is 10.0. The number of hydrogen-bond acceptors (Lipinski definition) is 2. The van der Waals surface area contributed by atoms with E-state index >= 15 is 0 Å². The molecule has 1 aromatic carbocycles. The highest BCUT2D eigenvalue weighted by Crippen LogP contribution is 2.13. The third kappa shape index (κ3) is 5.73. The molecule has 0 spiro atoms. The highest BCUT2D eigenvalue weighted by molar-refractivity contribution is 5.48. The smallest absolute Gasteiger partial charge is 0.211 e. The number of nitrogens with one attached hydrogen (secondary N) is 2. The summed E-state index contributed by atoms with van der Waals surface area (Å²) < 4.78 is 0. The lowest BCUT2D eigenvalue weighted by molar-refractivity contribution is -0.108. The maximum atomic E-state index is 10.1. The second kappa shape index (κ2) is 8.75. The maximum Gasteiger partial charge on any atom is 0.211 e. The molecule has 1 rings (SSSR count). The summed E-state index contributed by atoms with van der Waals surface area (Å²) in [5.74, 6) is 0. The van der Waals surface area contributed by atoms with Crippen LogP contribution in [0.3, 0.4) is 0 Å². The van der Waals surface area contributed by atoms with Crippen molar-refractivity contribution in [2.75, 3.05) is 12.4 Å². The molecule has 0 aromatic heterocycles. The Morgan fingerprint density at radius 2 is 2.00 bits per heavy atom. The number of anilines is 1. The molecule has 0 aliphatic heterocycles. The van der Waals surface area contributed by atoms with Crippen molar-refractivity contribution in [1.82, 2.24) is 5.32 Å². The molecular formula is C16H20N2O. The largest absolute Gasteiger partial charge is 0.388 e. The second-order valence-corrected chi connectivity index (χ2v) is 4.01. The molecule has 1 aromatic rings. The minimum atomic E-state index is 0.649. The van der Waals surface area contributed by atoms with Crippen molar-refractivity contribution in [2.45, 2.75) is 13.3 Å². The fourth-order valence-electron chi connectivity index (χ4n) is 1.68. The summed E-state index contributed by atoms with van der Waals surface area (Å²) in [5.41, 5.74) is 3.54. The van der Waals surface area contributed by atoms with Gasteiger partial charge in [-0.1, -0.05) is 30.4 Å². The third-order valence-corrected chi connectivity index (χ3v) is 2.60. The van der Waals surface area contributed by atoms with Crippen LogP contribution in [-0.2, 0) is 11.2 Å². The average Bonchev–Trinajstić information content (AvgIpc) is 2.44.